The van der Waals surface area contributed by atoms with Crippen LogP contribution >= 0.6 is 46.4 Å². The molecule has 6 heteroatoms. The Hall–Kier alpha value is 0.790. The van der Waals surface area contributed by atoms with Crippen LogP contribution in [-0.2, 0) is 10.8 Å². The number of hydrogen-bond acceptors (Lipinski definition) is 1. The fraction of sp³-hybridized carbons (Fsp3) is 0. The van der Waals surface area contributed by atoms with Crippen molar-refractivity contribution in [3.63, 3.8) is 0 Å². The molecule has 0 aromatic heterocycles. The van der Waals surface area contributed by atoms with Gasteiger partial charge >= 0.3 is 0 Å². The number of halogens is 4. The summed E-state index contributed by atoms with van der Waals surface area (Å²) in [4.78, 5) is 0. The Balaban J connectivity index is 4.39. The molecule has 0 N–H and O–H groups in total. The van der Waals surface area contributed by atoms with Crippen molar-refractivity contribution in [3.05, 3.63) is 19.8 Å². The maximum atomic E-state index is 10.8. The predicted molar refractivity (Wildman–Crippen MR) is 47.7 cm³/mol. The second-order valence-electron chi connectivity index (χ2n) is 1.10. The van der Waals surface area contributed by atoms with Gasteiger partial charge in [-0.25, -0.2) is 4.21 Å². The summed E-state index contributed by atoms with van der Waals surface area (Å²) in [6.45, 7) is 0. The monoisotopic (exact) mass is 238 g/mol. The smallest absolute Gasteiger partial charge is 0.122 e. The van der Waals surface area contributed by atoms with Crippen molar-refractivity contribution in [1.29, 1.82) is 0 Å². The molecule has 0 unspecified atom stereocenters. The average Bonchev–Trinajstić information content (AvgIpc) is 2.00. The average molecular weight is 240 g/mol. The molecule has 10 heavy (non-hydrogen) atoms. The highest BCUT2D eigenvalue weighted by Gasteiger charge is 2.07. The van der Waals surface area contributed by atoms with Crippen molar-refractivity contribution in [2.45, 2.75) is 0 Å². The Kier molecular flexibility index (Phi) is 5.87. The van der Waals surface area contributed by atoms with Crippen LogP contribution in [0.15, 0.2) is 19.8 Å². The van der Waals surface area contributed by atoms with Gasteiger partial charge in [0, 0.05) is 11.1 Å². The van der Waals surface area contributed by atoms with E-state index < -0.39 is 10.8 Å². The highest BCUT2D eigenvalue weighted by molar-refractivity contribution is 7.96. The number of hydrogen-bond donors (Lipinski definition) is 0. The molecule has 0 amide bonds. The van der Waals surface area contributed by atoms with Crippen molar-refractivity contribution < 1.29 is 4.21 Å². The van der Waals surface area contributed by atoms with Crippen molar-refractivity contribution >= 4 is 57.2 Å². The Labute approximate surface area is 81.0 Å². The lowest BCUT2D eigenvalue weighted by Gasteiger charge is -1.92. The molecule has 0 atom stereocenters. The van der Waals surface area contributed by atoms with E-state index >= 15 is 0 Å². The second kappa shape index (κ2) is 5.44. The molecule has 0 spiro atoms. The van der Waals surface area contributed by atoms with Gasteiger partial charge in [-0.05, 0) is 0 Å². The van der Waals surface area contributed by atoms with Crippen LogP contribution in [0, 0.1) is 0 Å². The first-order valence-electron chi connectivity index (χ1n) is 1.97. The summed E-state index contributed by atoms with van der Waals surface area (Å²) in [6, 6.07) is 0. The van der Waals surface area contributed by atoms with Crippen LogP contribution in [0.1, 0.15) is 0 Å². The van der Waals surface area contributed by atoms with E-state index in [-0.39, 0.29) is 8.73 Å². The zero-order valence-corrected chi connectivity index (χ0v) is 8.32. The van der Waals surface area contributed by atoms with Gasteiger partial charge in [-0.1, -0.05) is 46.4 Å². The summed E-state index contributed by atoms with van der Waals surface area (Å²) in [7, 11) is -1.62. The lowest BCUT2D eigenvalue weighted by molar-refractivity contribution is 0.692. The lowest BCUT2D eigenvalue weighted by atomic mass is 11.2. The fourth-order valence-corrected chi connectivity index (χ4v) is 1.62. The summed E-state index contributed by atoms with van der Waals surface area (Å²) in [5.74, 6) is 0. The van der Waals surface area contributed by atoms with Gasteiger partial charge < -0.3 is 0 Å². The highest BCUT2D eigenvalue weighted by Crippen LogP contribution is 2.20. The largest absolute Gasteiger partial charge is 0.247 e. The second-order valence-corrected chi connectivity index (χ2v) is 4.21. The maximum absolute atomic E-state index is 10.8. The SMILES string of the molecule is O=S(/C(Cl)=C\Cl)/C(Cl)=C\Cl. The molecule has 0 aromatic carbocycles. The molecule has 0 aromatic rings. The van der Waals surface area contributed by atoms with Crippen LogP contribution < -0.4 is 0 Å². The van der Waals surface area contributed by atoms with Crippen molar-refractivity contribution in [3.8, 4) is 0 Å². The van der Waals surface area contributed by atoms with Crippen LogP contribution in [0.2, 0.25) is 0 Å². The summed E-state index contributed by atoms with van der Waals surface area (Å²) in [5, 5.41) is 0. The van der Waals surface area contributed by atoms with Crippen LogP contribution in [0.3, 0.4) is 0 Å². The van der Waals surface area contributed by atoms with Crippen molar-refractivity contribution in [2.75, 3.05) is 0 Å². The molecule has 0 bridgehead atoms. The first kappa shape index (κ1) is 10.8. The Morgan fingerprint density at radius 3 is 1.60 bits per heavy atom. The molecule has 0 saturated carbocycles. The molecule has 0 aliphatic heterocycles. The lowest BCUT2D eigenvalue weighted by Crippen LogP contribution is -1.86. The van der Waals surface area contributed by atoms with Crippen LogP contribution in [0.5, 0.6) is 0 Å². The van der Waals surface area contributed by atoms with Gasteiger partial charge in [-0.15, -0.1) is 0 Å². The molecule has 58 valence electrons. The minimum Gasteiger partial charge on any atom is -0.247 e. The van der Waals surface area contributed by atoms with E-state index in [0.717, 1.165) is 11.1 Å². The molecule has 0 radical (unpaired) electrons. The van der Waals surface area contributed by atoms with Gasteiger partial charge in [0.2, 0.25) is 0 Å². The summed E-state index contributed by atoms with van der Waals surface area (Å²) in [6.07, 6.45) is 0. The van der Waals surface area contributed by atoms with Gasteiger partial charge in [0.1, 0.15) is 19.5 Å². The molecular formula is C4H2Cl4OS. The van der Waals surface area contributed by atoms with Gasteiger partial charge in [0.05, 0.1) is 0 Å². The van der Waals surface area contributed by atoms with E-state index in [1.165, 1.54) is 0 Å². The van der Waals surface area contributed by atoms with Crippen LogP contribution in [-0.4, -0.2) is 4.21 Å². The van der Waals surface area contributed by atoms with Crippen LogP contribution in [0.4, 0.5) is 0 Å². The first-order valence-corrected chi connectivity index (χ1v) is 4.75. The van der Waals surface area contributed by atoms with E-state index in [9.17, 15) is 4.21 Å². The van der Waals surface area contributed by atoms with Gasteiger partial charge in [0.15, 0.2) is 0 Å². The molecule has 1 nitrogen and oxygen atoms in total. The van der Waals surface area contributed by atoms with E-state index in [1.807, 2.05) is 0 Å². The quantitative estimate of drug-likeness (QED) is 0.723. The Morgan fingerprint density at radius 2 is 1.40 bits per heavy atom. The number of rotatable bonds is 2. The zero-order valence-electron chi connectivity index (χ0n) is 4.48. The van der Waals surface area contributed by atoms with E-state index in [1.54, 1.807) is 0 Å². The summed E-state index contributed by atoms with van der Waals surface area (Å²) >= 11 is 20.9. The van der Waals surface area contributed by atoms with Gasteiger partial charge in [0.25, 0.3) is 0 Å². The van der Waals surface area contributed by atoms with E-state index in [2.05, 4.69) is 0 Å². The highest BCUT2D eigenvalue weighted by atomic mass is 35.5. The zero-order chi connectivity index (χ0) is 8.15. The maximum Gasteiger partial charge on any atom is 0.122 e. The predicted octanol–water partition coefficient (Wildman–Crippen LogP) is 3.29. The summed E-state index contributed by atoms with van der Waals surface area (Å²) < 4.78 is 10.7. The minimum atomic E-state index is -1.62. The first-order chi connectivity index (χ1) is 4.63. The molecule has 0 rings (SSSR count). The third kappa shape index (κ3) is 3.26. The molecule has 0 aliphatic carbocycles. The molecule has 0 fully saturated rings. The van der Waals surface area contributed by atoms with E-state index in [4.69, 9.17) is 46.4 Å². The Bertz CT molecular complexity index is 177. The molecule has 0 aliphatic rings. The van der Waals surface area contributed by atoms with Crippen molar-refractivity contribution in [1.82, 2.24) is 0 Å². The van der Waals surface area contributed by atoms with E-state index in [0.29, 0.717) is 0 Å². The topological polar surface area (TPSA) is 17.1 Å². The third-order valence-electron chi connectivity index (χ3n) is 0.526. The standard InChI is InChI=1S/C4H2Cl4OS/c5-1-3(7)10(9)4(8)2-6/h1-2H/b3-1-,4-2-. The van der Waals surface area contributed by atoms with Gasteiger partial charge in [-0.2, -0.15) is 0 Å². The van der Waals surface area contributed by atoms with Crippen LogP contribution in [0.25, 0.3) is 0 Å². The minimum absolute atomic E-state index is 0.0523. The molecule has 0 heterocycles. The normalized spacial score (nSPS) is 14.5. The fourth-order valence-electron chi connectivity index (χ4n) is 0.174. The molecular weight excluding hydrogens is 238 g/mol. The van der Waals surface area contributed by atoms with Crippen molar-refractivity contribution in [2.24, 2.45) is 0 Å². The third-order valence-corrected chi connectivity index (χ3v) is 3.45. The summed E-state index contributed by atoms with van der Waals surface area (Å²) in [5.41, 5.74) is 1.95. The van der Waals surface area contributed by atoms with Gasteiger partial charge in [-0.3, -0.25) is 0 Å². The molecule has 0 saturated heterocycles. The Morgan fingerprint density at radius 1 is 1.10 bits per heavy atom.